The maximum Gasteiger partial charge on any atom is 0.254 e. The van der Waals surface area contributed by atoms with E-state index in [1.807, 2.05) is 18.2 Å². The summed E-state index contributed by atoms with van der Waals surface area (Å²) >= 11 is 0. The number of amides is 2. The number of aliphatic hydroxyl groups is 1. The van der Waals surface area contributed by atoms with Gasteiger partial charge in [-0.3, -0.25) is 14.5 Å². The van der Waals surface area contributed by atoms with Gasteiger partial charge in [-0.1, -0.05) is 36.4 Å². The molecule has 0 saturated carbocycles. The summed E-state index contributed by atoms with van der Waals surface area (Å²) in [7, 11) is 3.25. The summed E-state index contributed by atoms with van der Waals surface area (Å²) in [5.74, 6) is 0.977. The van der Waals surface area contributed by atoms with E-state index in [0.29, 0.717) is 62.0 Å². The lowest BCUT2D eigenvalue weighted by Crippen LogP contribution is -2.44. The maximum atomic E-state index is 12.9. The van der Waals surface area contributed by atoms with Crippen molar-refractivity contribution in [1.29, 1.82) is 0 Å². The number of ether oxygens (including phenoxy) is 3. The van der Waals surface area contributed by atoms with E-state index in [9.17, 15) is 14.7 Å². The number of benzene rings is 3. The molecule has 1 aliphatic heterocycles. The van der Waals surface area contributed by atoms with Crippen LogP contribution in [0.5, 0.6) is 11.5 Å². The Hall–Kier alpha value is -3.92. The number of fused-ring (bicyclic) bond motifs is 1. The minimum absolute atomic E-state index is 0.0671. The van der Waals surface area contributed by atoms with Crippen LogP contribution in [0.4, 0.5) is 0 Å². The molecule has 222 valence electrons. The van der Waals surface area contributed by atoms with Gasteiger partial charge in [0.15, 0.2) is 11.5 Å². The predicted octanol–water partition coefficient (Wildman–Crippen LogP) is 2.94. The number of hydrogen-bond donors (Lipinski definition) is 2. The van der Waals surface area contributed by atoms with Crippen LogP contribution in [0, 0.1) is 0 Å². The van der Waals surface area contributed by atoms with Crippen molar-refractivity contribution >= 4 is 11.8 Å². The second kappa shape index (κ2) is 13.8. The monoisotopic (exact) mass is 573 g/mol. The van der Waals surface area contributed by atoms with Gasteiger partial charge >= 0.3 is 0 Å². The number of carbonyl (C=O) groups excluding carboxylic acids is 2. The second-order valence-corrected chi connectivity index (χ2v) is 10.8. The third-order valence-electron chi connectivity index (χ3n) is 8.04. The van der Waals surface area contributed by atoms with Gasteiger partial charge < -0.3 is 29.5 Å². The number of morpholine rings is 1. The number of carbonyl (C=O) groups is 2. The van der Waals surface area contributed by atoms with Gasteiger partial charge in [-0.05, 0) is 54.3 Å². The third kappa shape index (κ3) is 6.92. The average molecular weight is 574 g/mol. The summed E-state index contributed by atoms with van der Waals surface area (Å²) in [6.07, 6.45) is 0.977. The zero-order valence-corrected chi connectivity index (χ0v) is 24.3. The highest BCUT2D eigenvalue weighted by atomic mass is 16.5. The Morgan fingerprint density at radius 2 is 1.62 bits per heavy atom. The number of hydrogen-bond acceptors (Lipinski definition) is 7. The van der Waals surface area contributed by atoms with Gasteiger partial charge in [-0.25, -0.2) is 0 Å². The topological polar surface area (TPSA) is 101 Å². The molecule has 0 spiro atoms. The van der Waals surface area contributed by atoms with E-state index in [0.717, 1.165) is 18.4 Å². The summed E-state index contributed by atoms with van der Waals surface area (Å²) in [5.41, 5.74) is 4.59. The molecule has 3 aromatic carbocycles. The first-order chi connectivity index (χ1) is 20.5. The number of para-hydroxylation sites is 1. The molecule has 0 aromatic heterocycles. The first kappa shape index (κ1) is 29.6. The fourth-order valence-electron chi connectivity index (χ4n) is 5.79. The molecule has 0 radical (unpaired) electrons. The van der Waals surface area contributed by atoms with Gasteiger partial charge in [0.1, 0.15) is 0 Å². The minimum Gasteiger partial charge on any atom is -0.493 e. The van der Waals surface area contributed by atoms with Gasteiger partial charge in [0.2, 0.25) is 0 Å². The average Bonchev–Trinajstić information content (AvgIpc) is 3.48. The zero-order chi connectivity index (χ0) is 29.5. The van der Waals surface area contributed by atoms with Crippen LogP contribution in [0.15, 0.2) is 66.7 Å². The van der Waals surface area contributed by atoms with Crippen molar-refractivity contribution in [1.82, 2.24) is 15.1 Å². The molecule has 0 bridgehead atoms. The molecule has 2 aliphatic rings. The van der Waals surface area contributed by atoms with E-state index in [4.69, 9.17) is 14.2 Å². The van der Waals surface area contributed by atoms with Crippen LogP contribution >= 0.6 is 0 Å². The number of nitrogens with zero attached hydrogens (tertiary/aromatic N) is 2. The highest BCUT2D eigenvalue weighted by molar-refractivity contribution is 5.97. The maximum absolute atomic E-state index is 12.9. The van der Waals surface area contributed by atoms with Crippen LogP contribution in [0.1, 0.15) is 37.4 Å². The number of nitrogens with one attached hydrogen (secondary N) is 1. The van der Waals surface area contributed by atoms with E-state index in [1.54, 1.807) is 43.4 Å². The van der Waals surface area contributed by atoms with Crippen molar-refractivity contribution < 1.29 is 28.9 Å². The summed E-state index contributed by atoms with van der Waals surface area (Å²) in [6, 6.07) is 21.1. The first-order valence-corrected chi connectivity index (χ1v) is 14.4. The van der Waals surface area contributed by atoms with Crippen LogP contribution in [0.25, 0.3) is 0 Å². The van der Waals surface area contributed by atoms with Crippen LogP contribution in [-0.2, 0) is 24.1 Å². The Balaban J connectivity index is 1.22. The highest BCUT2D eigenvalue weighted by Crippen LogP contribution is 2.33. The molecule has 1 saturated heterocycles. The molecule has 3 aromatic rings. The van der Waals surface area contributed by atoms with Gasteiger partial charge in [-0.2, -0.15) is 0 Å². The van der Waals surface area contributed by atoms with Crippen molar-refractivity contribution in [2.75, 3.05) is 53.6 Å². The highest BCUT2D eigenvalue weighted by Gasteiger charge is 2.29. The van der Waals surface area contributed by atoms with Gasteiger partial charge in [0.05, 0.1) is 33.5 Å². The SMILES string of the molecule is COc1cccc(CN(C[C@H](O)CNC(=O)c2ccc(C(=O)N3CCOCC3)cc2)C2Cc3ccccc3C2)c1OC. The van der Waals surface area contributed by atoms with Crippen molar-refractivity contribution in [3.8, 4) is 11.5 Å². The number of methoxy groups -OCH3 is 2. The van der Waals surface area contributed by atoms with Crippen LogP contribution in [0.2, 0.25) is 0 Å². The van der Waals surface area contributed by atoms with Crippen LogP contribution in [0.3, 0.4) is 0 Å². The third-order valence-corrected chi connectivity index (χ3v) is 8.04. The van der Waals surface area contributed by atoms with Gasteiger partial charge in [-0.15, -0.1) is 0 Å². The normalized spacial score (nSPS) is 15.8. The van der Waals surface area contributed by atoms with Crippen LogP contribution < -0.4 is 14.8 Å². The molecule has 2 N–H and O–H groups in total. The molecule has 1 heterocycles. The molecule has 5 rings (SSSR count). The minimum atomic E-state index is -0.795. The van der Waals surface area contributed by atoms with Crippen molar-refractivity contribution in [2.45, 2.75) is 31.5 Å². The summed E-state index contributed by atoms with van der Waals surface area (Å²) < 4.78 is 16.5. The zero-order valence-electron chi connectivity index (χ0n) is 24.3. The van der Waals surface area contributed by atoms with E-state index in [-0.39, 0.29) is 24.4 Å². The molecule has 1 aliphatic carbocycles. The summed E-state index contributed by atoms with van der Waals surface area (Å²) in [5, 5.41) is 13.9. The predicted molar refractivity (Wildman–Crippen MR) is 159 cm³/mol. The molecular formula is C33H39N3O6. The van der Waals surface area contributed by atoms with Gasteiger partial charge in [0.25, 0.3) is 11.8 Å². The molecule has 1 atom stereocenters. The summed E-state index contributed by atoms with van der Waals surface area (Å²) in [4.78, 5) is 29.6. The molecule has 0 unspecified atom stereocenters. The Morgan fingerprint density at radius 1 is 0.952 bits per heavy atom. The lowest BCUT2D eigenvalue weighted by atomic mass is 10.1. The Kier molecular flexibility index (Phi) is 9.74. The molecule has 9 nitrogen and oxygen atoms in total. The Labute approximate surface area is 247 Å². The molecule has 9 heteroatoms. The van der Waals surface area contributed by atoms with E-state index in [1.165, 1.54) is 11.1 Å². The van der Waals surface area contributed by atoms with E-state index < -0.39 is 6.10 Å². The Bertz CT molecular complexity index is 1350. The lowest BCUT2D eigenvalue weighted by Gasteiger charge is -2.31. The summed E-state index contributed by atoms with van der Waals surface area (Å²) in [6.45, 7) is 3.22. The van der Waals surface area contributed by atoms with E-state index >= 15 is 0 Å². The second-order valence-electron chi connectivity index (χ2n) is 10.8. The molecule has 2 amide bonds. The van der Waals surface area contributed by atoms with Crippen LogP contribution in [-0.4, -0.2) is 92.5 Å². The molecule has 1 fully saturated rings. The van der Waals surface area contributed by atoms with Crippen molar-refractivity contribution in [3.63, 3.8) is 0 Å². The smallest absolute Gasteiger partial charge is 0.254 e. The fourth-order valence-corrected chi connectivity index (χ4v) is 5.79. The number of rotatable bonds is 11. The molecule has 42 heavy (non-hydrogen) atoms. The van der Waals surface area contributed by atoms with Crippen molar-refractivity contribution in [3.05, 3.63) is 94.5 Å². The first-order valence-electron chi connectivity index (χ1n) is 14.4. The number of aliphatic hydroxyl groups excluding tert-OH is 1. The largest absolute Gasteiger partial charge is 0.493 e. The van der Waals surface area contributed by atoms with Crippen molar-refractivity contribution in [2.24, 2.45) is 0 Å². The fraction of sp³-hybridized carbons (Fsp3) is 0.394. The standard InChI is InChI=1S/C33H39N3O6/c1-40-30-9-5-8-27(31(30)41-2)21-36(28-18-25-6-3-4-7-26(25)19-28)22-29(37)20-34-32(38)23-10-12-24(13-11-23)33(39)35-14-16-42-17-15-35/h3-13,28-29,37H,14-22H2,1-2H3,(H,34,38)/t29-/m1/s1. The van der Waals surface area contributed by atoms with Gasteiger partial charge in [0, 0.05) is 55.5 Å². The Morgan fingerprint density at radius 3 is 2.26 bits per heavy atom. The molecular weight excluding hydrogens is 534 g/mol. The quantitative estimate of drug-likeness (QED) is 0.364. The lowest BCUT2D eigenvalue weighted by molar-refractivity contribution is 0.0303. The van der Waals surface area contributed by atoms with E-state index in [2.05, 4.69) is 34.5 Å².